The normalized spacial score (nSPS) is 21.7. The van der Waals surface area contributed by atoms with Crippen LogP contribution in [0.25, 0.3) is 0 Å². The minimum Gasteiger partial charge on any atom is -0.385 e. The minimum atomic E-state index is -2.34. The summed E-state index contributed by atoms with van der Waals surface area (Å²) in [4.78, 5) is 14.0. The molecule has 1 aliphatic rings. The predicted octanol–water partition coefficient (Wildman–Crippen LogP) is 0.741. The van der Waals surface area contributed by atoms with Crippen LogP contribution in [0.2, 0.25) is 0 Å². The molecule has 1 atom stereocenters. The van der Waals surface area contributed by atoms with Crippen molar-refractivity contribution in [3.63, 3.8) is 0 Å². The molecule has 0 aromatic heterocycles. The molecule has 0 aromatic carbocycles. The van der Waals surface area contributed by atoms with Crippen LogP contribution in [0.5, 0.6) is 0 Å². The summed E-state index contributed by atoms with van der Waals surface area (Å²) in [7, 11) is -0.663. The van der Waals surface area contributed by atoms with E-state index in [1.54, 1.807) is 7.11 Å². The fourth-order valence-electron chi connectivity index (χ4n) is 2.06. The van der Waals surface area contributed by atoms with E-state index in [0.717, 1.165) is 32.4 Å². The molecule has 1 aliphatic heterocycles. The summed E-state index contributed by atoms with van der Waals surface area (Å²) in [5, 5.41) is 0. The van der Waals surface area contributed by atoms with Crippen LogP contribution in [-0.2, 0) is 19.3 Å². The Morgan fingerprint density at radius 1 is 1.53 bits per heavy atom. The van der Waals surface area contributed by atoms with Gasteiger partial charge in [0.15, 0.2) is 0 Å². The van der Waals surface area contributed by atoms with Crippen molar-refractivity contribution >= 4 is 15.6 Å². The van der Waals surface area contributed by atoms with Crippen LogP contribution in [0.1, 0.15) is 19.3 Å². The van der Waals surface area contributed by atoms with Crippen molar-refractivity contribution in [3.05, 3.63) is 0 Å². The molecule has 1 rings (SSSR count). The largest absolute Gasteiger partial charge is 0.385 e. The van der Waals surface area contributed by atoms with Crippen LogP contribution in [0.4, 0.5) is 0 Å². The van der Waals surface area contributed by atoms with E-state index < -0.39 is 9.73 Å². The van der Waals surface area contributed by atoms with Crippen LogP contribution in [0.3, 0.4) is 0 Å². The molecule has 6 heteroatoms. The number of rotatable bonds is 5. The number of likely N-dealkylation sites (tertiary alicyclic amines) is 1. The number of methoxy groups -OCH3 is 1. The van der Waals surface area contributed by atoms with E-state index in [0.29, 0.717) is 6.61 Å². The number of hydrogen-bond acceptors (Lipinski definition) is 4. The Morgan fingerprint density at radius 3 is 2.82 bits per heavy atom. The summed E-state index contributed by atoms with van der Waals surface area (Å²) < 4.78 is 20.3. The highest BCUT2D eigenvalue weighted by Crippen LogP contribution is 2.19. The van der Waals surface area contributed by atoms with Gasteiger partial charge in [0.2, 0.25) is 0 Å². The van der Waals surface area contributed by atoms with Gasteiger partial charge < -0.3 is 4.74 Å². The minimum absolute atomic E-state index is 0.174. The van der Waals surface area contributed by atoms with Crippen LogP contribution < -0.4 is 0 Å². The first kappa shape index (κ1) is 14.6. The molecule has 1 heterocycles. The van der Waals surface area contributed by atoms with E-state index in [2.05, 4.69) is 9.26 Å². The Bertz CT molecular complexity index is 367. The Morgan fingerprint density at radius 2 is 2.24 bits per heavy atom. The number of hydrogen-bond donors (Lipinski definition) is 0. The lowest BCUT2D eigenvalue weighted by Crippen LogP contribution is -2.36. The molecule has 0 N–H and O–H groups in total. The summed E-state index contributed by atoms with van der Waals surface area (Å²) in [6, 6.07) is -0.174. The van der Waals surface area contributed by atoms with Gasteiger partial charge in [0.1, 0.15) is 0 Å². The average Bonchev–Trinajstić information content (AvgIpc) is 2.64. The maximum Gasteiger partial charge on any atom is 0.271 e. The van der Waals surface area contributed by atoms with E-state index in [1.807, 2.05) is 0 Å². The van der Waals surface area contributed by atoms with Gasteiger partial charge >= 0.3 is 0 Å². The van der Waals surface area contributed by atoms with E-state index in [9.17, 15) is 9.00 Å². The van der Waals surface area contributed by atoms with Gasteiger partial charge in [-0.25, -0.2) is 4.21 Å². The van der Waals surface area contributed by atoms with Crippen LogP contribution >= 0.6 is 0 Å². The third kappa shape index (κ3) is 5.14. The number of amides is 1. The van der Waals surface area contributed by atoms with Gasteiger partial charge in [0.05, 0.1) is 6.04 Å². The Hall–Kier alpha value is -0.460. The molecular weight excluding hydrogens is 240 g/mol. The topological polar surface area (TPSA) is 59.0 Å². The molecule has 0 spiro atoms. The zero-order chi connectivity index (χ0) is 12.9. The summed E-state index contributed by atoms with van der Waals surface area (Å²) in [6.45, 7) is 2.46. The summed E-state index contributed by atoms with van der Waals surface area (Å²) >= 11 is 0. The molecule has 5 nitrogen and oxygen atoms in total. The lowest BCUT2D eigenvalue weighted by atomic mass is 10.2. The highest BCUT2D eigenvalue weighted by Gasteiger charge is 2.30. The quantitative estimate of drug-likeness (QED) is 0.686. The monoisotopic (exact) mass is 262 g/mol. The van der Waals surface area contributed by atoms with Crippen molar-refractivity contribution in [2.24, 2.45) is 4.36 Å². The Balaban J connectivity index is 2.57. The molecule has 1 amide bonds. The van der Waals surface area contributed by atoms with E-state index in [-0.39, 0.29) is 11.9 Å². The number of ether oxygens (including phenoxy) is 1. The smallest absolute Gasteiger partial charge is 0.271 e. The summed E-state index contributed by atoms with van der Waals surface area (Å²) in [5.74, 6) is -0.227. The first-order valence-electron chi connectivity index (χ1n) is 5.88. The van der Waals surface area contributed by atoms with Gasteiger partial charge in [-0.2, -0.15) is 4.36 Å². The molecule has 0 unspecified atom stereocenters. The number of carbonyl (C=O) groups is 1. The Kier molecular flexibility index (Phi) is 5.55. The SMILES string of the molecule is COCCCN1CCC[C@H]1C(=O)N=S(C)(C)=O. The highest BCUT2D eigenvalue weighted by molar-refractivity contribution is 7.92. The lowest BCUT2D eigenvalue weighted by molar-refractivity contribution is -0.121. The lowest BCUT2D eigenvalue weighted by Gasteiger charge is -2.21. The van der Waals surface area contributed by atoms with Gasteiger partial charge in [-0.1, -0.05) is 0 Å². The van der Waals surface area contributed by atoms with Gasteiger partial charge in [-0.05, 0) is 25.8 Å². The van der Waals surface area contributed by atoms with Crippen molar-refractivity contribution in [2.75, 3.05) is 39.3 Å². The third-order valence-corrected chi connectivity index (χ3v) is 3.37. The van der Waals surface area contributed by atoms with Gasteiger partial charge in [-0.3, -0.25) is 9.69 Å². The molecular formula is C11H22N2O3S. The second-order valence-corrected chi connectivity index (χ2v) is 7.20. The molecule has 0 bridgehead atoms. The summed E-state index contributed by atoms with van der Waals surface area (Å²) in [5.41, 5.74) is 0. The first-order valence-corrected chi connectivity index (χ1v) is 8.21. The molecule has 100 valence electrons. The molecule has 0 saturated carbocycles. The van der Waals surface area contributed by atoms with Crippen molar-refractivity contribution in [2.45, 2.75) is 25.3 Å². The second-order valence-electron chi connectivity index (χ2n) is 4.65. The molecule has 0 aliphatic carbocycles. The highest BCUT2D eigenvalue weighted by atomic mass is 32.2. The van der Waals surface area contributed by atoms with Gasteiger partial charge in [0, 0.05) is 42.5 Å². The second kappa shape index (κ2) is 6.47. The van der Waals surface area contributed by atoms with Crippen LogP contribution in [0, 0.1) is 0 Å². The molecule has 1 saturated heterocycles. The predicted molar refractivity (Wildman–Crippen MR) is 68.5 cm³/mol. The van der Waals surface area contributed by atoms with Crippen LogP contribution in [0.15, 0.2) is 4.36 Å². The van der Waals surface area contributed by atoms with Crippen molar-refractivity contribution in [3.8, 4) is 0 Å². The maximum atomic E-state index is 11.9. The fraction of sp³-hybridized carbons (Fsp3) is 0.909. The molecule has 1 fully saturated rings. The van der Waals surface area contributed by atoms with Crippen LogP contribution in [-0.4, -0.2) is 60.4 Å². The summed E-state index contributed by atoms with van der Waals surface area (Å²) in [6.07, 6.45) is 5.73. The van der Waals surface area contributed by atoms with Crippen molar-refractivity contribution in [1.82, 2.24) is 4.90 Å². The Labute approximate surface area is 104 Å². The molecule has 0 aromatic rings. The first-order chi connectivity index (χ1) is 7.94. The van der Waals surface area contributed by atoms with E-state index >= 15 is 0 Å². The van der Waals surface area contributed by atoms with E-state index in [1.165, 1.54) is 12.5 Å². The third-order valence-electron chi connectivity index (χ3n) is 2.75. The number of carbonyl (C=O) groups excluding carboxylic acids is 1. The molecule has 0 radical (unpaired) electrons. The molecule has 17 heavy (non-hydrogen) atoms. The van der Waals surface area contributed by atoms with Gasteiger partial charge in [0.25, 0.3) is 5.91 Å². The number of nitrogens with zero attached hydrogens (tertiary/aromatic N) is 2. The fourth-order valence-corrected chi connectivity index (χ4v) is 2.62. The zero-order valence-corrected chi connectivity index (χ0v) is 11.7. The average molecular weight is 262 g/mol. The van der Waals surface area contributed by atoms with Gasteiger partial charge in [-0.15, -0.1) is 0 Å². The zero-order valence-electron chi connectivity index (χ0n) is 10.8. The maximum absolute atomic E-state index is 11.9. The standard InChI is InChI=1S/C11H22N2O3S/c1-16-9-5-8-13-7-4-6-10(13)11(14)12-17(2,3)15/h10H,4-9H2,1-3H3/t10-/m0/s1. The van der Waals surface area contributed by atoms with E-state index in [4.69, 9.17) is 4.74 Å². The van der Waals surface area contributed by atoms with Crippen molar-refractivity contribution < 1.29 is 13.7 Å². The van der Waals surface area contributed by atoms with Crippen molar-refractivity contribution in [1.29, 1.82) is 0 Å².